The molecule has 252 valence electrons. The summed E-state index contributed by atoms with van der Waals surface area (Å²) in [6.07, 6.45) is 1.86. The Kier molecular flexibility index (Phi) is 15.6. The van der Waals surface area contributed by atoms with E-state index in [1.54, 1.807) is 0 Å². The van der Waals surface area contributed by atoms with Crippen molar-refractivity contribution < 1.29 is 43.5 Å². The van der Waals surface area contributed by atoms with E-state index in [1.807, 2.05) is 18.7 Å². The highest BCUT2D eigenvalue weighted by Crippen LogP contribution is 2.18. The number of primary amides is 1. The lowest BCUT2D eigenvalue weighted by atomic mass is 10.0. The van der Waals surface area contributed by atoms with E-state index in [9.17, 15) is 38.4 Å². The lowest BCUT2D eigenvalue weighted by molar-refractivity contribution is -0.139. The molecule has 2 saturated heterocycles. The molecule has 16 heteroatoms. The molecule has 1 unspecified atom stereocenters. The summed E-state index contributed by atoms with van der Waals surface area (Å²) >= 11 is 0. The average molecular weight is 638 g/mol. The summed E-state index contributed by atoms with van der Waals surface area (Å²) in [6, 6.07) is -3.92. The maximum Gasteiger partial charge on any atom is 0.303 e. The Morgan fingerprint density at radius 1 is 0.844 bits per heavy atom. The van der Waals surface area contributed by atoms with Gasteiger partial charge in [-0.05, 0) is 70.5 Å². The standard InChI is InChI=1S/C29H47N7O9/c1-17(2)14-20-28(44)35-19(7-9-23(30)38)27(43)32-15-22(37)26(42)18(8-10-25(40)41)31-11-3-4-12-36-13-5-6-21(36)29(45)33-16-24(39)34-20/h17-21,31H,3-16H2,1-2H3,(H2,30,38)(H,32,43)(H,33,45)(H,34,39)(H,35,44)(H,40,41)/t18-,19-,20?,21-/m0/s1. The number of nitrogens with one attached hydrogen (secondary N) is 5. The largest absolute Gasteiger partial charge is 0.481 e. The van der Waals surface area contributed by atoms with Crippen molar-refractivity contribution in [3.63, 3.8) is 0 Å². The van der Waals surface area contributed by atoms with Crippen molar-refractivity contribution >= 4 is 47.1 Å². The van der Waals surface area contributed by atoms with Crippen molar-refractivity contribution in [2.75, 3.05) is 32.7 Å². The number of nitrogens with zero attached hydrogens (tertiary/aromatic N) is 1. The summed E-state index contributed by atoms with van der Waals surface area (Å²) in [4.78, 5) is 102. The van der Waals surface area contributed by atoms with Crippen LogP contribution < -0.4 is 32.3 Å². The van der Waals surface area contributed by atoms with Crippen LogP contribution in [-0.4, -0.2) is 114 Å². The molecule has 2 aliphatic rings. The smallest absolute Gasteiger partial charge is 0.303 e. The van der Waals surface area contributed by atoms with Gasteiger partial charge >= 0.3 is 5.97 Å². The van der Waals surface area contributed by atoms with Gasteiger partial charge in [0.15, 0.2) is 0 Å². The second kappa shape index (κ2) is 18.8. The van der Waals surface area contributed by atoms with Crippen LogP contribution in [0.1, 0.15) is 71.6 Å². The van der Waals surface area contributed by atoms with Gasteiger partial charge in [0.2, 0.25) is 41.1 Å². The van der Waals surface area contributed by atoms with E-state index in [4.69, 9.17) is 10.8 Å². The monoisotopic (exact) mass is 637 g/mol. The number of fused-ring (bicyclic) bond motifs is 1. The Bertz CT molecular complexity index is 1110. The van der Waals surface area contributed by atoms with Gasteiger partial charge in [-0.25, -0.2) is 0 Å². The molecule has 45 heavy (non-hydrogen) atoms. The molecule has 8 N–H and O–H groups in total. The molecule has 2 fully saturated rings. The number of carboxylic acids is 1. The molecule has 2 aliphatic heterocycles. The number of rotatable bonds is 8. The van der Waals surface area contributed by atoms with E-state index in [0.717, 1.165) is 6.42 Å². The molecule has 0 saturated carbocycles. The van der Waals surface area contributed by atoms with Crippen LogP contribution in [0.5, 0.6) is 0 Å². The quantitative estimate of drug-likeness (QED) is 0.140. The van der Waals surface area contributed by atoms with Crippen molar-refractivity contribution in [1.29, 1.82) is 0 Å². The zero-order chi connectivity index (χ0) is 33.5. The van der Waals surface area contributed by atoms with Crippen molar-refractivity contribution in [2.24, 2.45) is 11.7 Å². The van der Waals surface area contributed by atoms with E-state index in [0.29, 0.717) is 38.9 Å². The number of ketones is 2. The minimum absolute atomic E-state index is 0.0505. The zero-order valence-electron chi connectivity index (χ0n) is 26.0. The summed E-state index contributed by atoms with van der Waals surface area (Å²) in [6.45, 7) is 4.18. The number of carboxylic acid groups (broad SMARTS) is 1. The average Bonchev–Trinajstić information content (AvgIpc) is 3.44. The van der Waals surface area contributed by atoms with E-state index < -0.39 is 71.9 Å². The predicted molar refractivity (Wildman–Crippen MR) is 160 cm³/mol. The van der Waals surface area contributed by atoms with Crippen LogP contribution in [0.2, 0.25) is 0 Å². The molecule has 0 aliphatic carbocycles. The maximum absolute atomic E-state index is 13.3. The van der Waals surface area contributed by atoms with Gasteiger partial charge in [0.25, 0.3) is 0 Å². The second-order valence-electron chi connectivity index (χ2n) is 11.9. The fraction of sp³-hybridized carbons (Fsp3) is 0.724. The van der Waals surface area contributed by atoms with Gasteiger partial charge in [-0.2, -0.15) is 0 Å². The van der Waals surface area contributed by atoms with Gasteiger partial charge in [0.05, 0.1) is 25.2 Å². The predicted octanol–water partition coefficient (Wildman–Crippen LogP) is -2.28. The fourth-order valence-electron chi connectivity index (χ4n) is 5.33. The highest BCUT2D eigenvalue weighted by Gasteiger charge is 2.32. The van der Waals surface area contributed by atoms with Crippen LogP contribution >= 0.6 is 0 Å². The molecule has 0 bridgehead atoms. The number of Topliss-reactive ketones (excluding diaryl/α,β-unsaturated/α-hetero) is 2. The topological polar surface area (TPSA) is 246 Å². The number of carbonyl (C=O) groups is 8. The normalized spacial score (nSPS) is 25.7. The van der Waals surface area contributed by atoms with Crippen molar-refractivity contribution in [3.05, 3.63) is 0 Å². The molecule has 2 heterocycles. The molecule has 5 amide bonds. The molecule has 0 aromatic rings. The van der Waals surface area contributed by atoms with E-state index in [-0.39, 0.29) is 50.5 Å². The second-order valence-corrected chi connectivity index (χ2v) is 11.9. The van der Waals surface area contributed by atoms with Gasteiger partial charge < -0.3 is 37.4 Å². The zero-order valence-corrected chi connectivity index (χ0v) is 26.0. The Morgan fingerprint density at radius 3 is 2.18 bits per heavy atom. The van der Waals surface area contributed by atoms with E-state index >= 15 is 0 Å². The van der Waals surface area contributed by atoms with Crippen molar-refractivity contribution in [2.45, 2.75) is 95.8 Å². The van der Waals surface area contributed by atoms with Gasteiger partial charge in [0.1, 0.15) is 12.1 Å². The van der Waals surface area contributed by atoms with Crippen LogP contribution in [0.3, 0.4) is 0 Å². The Labute approximate surface area is 262 Å². The number of aliphatic carboxylic acids is 1. The molecule has 0 spiro atoms. The minimum Gasteiger partial charge on any atom is -0.481 e. The maximum atomic E-state index is 13.3. The molecule has 0 radical (unpaired) electrons. The van der Waals surface area contributed by atoms with Crippen molar-refractivity contribution in [3.8, 4) is 0 Å². The van der Waals surface area contributed by atoms with Crippen LogP contribution in [-0.2, 0) is 38.4 Å². The highest BCUT2D eigenvalue weighted by atomic mass is 16.4. The lowest BCUT2D eigenvalue weighted by Crippen LogP contribution is -2.56. The van der Waals surface area contributed by atoms with Crippen LogP contribution in [0.4, 0.5) is 0 Å². The molecule has 4 atom stereocenters. The summed E-state index contributed by atoms with van der Waals surface area (Å²) in [5.74, 6) is -6.28. The van der Waals surface area contributed by atoms with E-state index in [2.05, 4.69) is 26.6 Å². The van der Waals surface area contributed by atoms with Gasteiger partial charge in [-0.1, -0.05) is 13.8 Å². The molecule has 0 aromatic carbocycles. The Morgan fingerprint density at radius 2 is 1.51 bits per heavy atom. The van der Waals surface area contributed by atoms with Crippen LogP contribution in [0.25, 0.3) is 0 Å². The van der Waals surface area contributed by atoms with Gasteiger partial charge in [0, 0.05) is 12.8 Å². The number of hydrogen-bond acceptors (Lipinski definition) is 10. The van der Waals surface area contributed by atoms with Gasteiger partial charge in [-0.3, -0.25) is 43.3 Å². The first-order chi connectivity index (χ1) is 21.3. The molecule has 16 nitrogen and oxygen atoms in total. The number of hydrogen-bond donors (Lipinski definition) is 7. The fourth-order valence-corrected chi connectivity index (χ4v) is 5.33. The summed E-state index contributed by atoms with van der Waals surface area (Å²) in [5, 5.41) is 22.1. The lowest BCUT2D eigenvalue weighted by Gasteiger charge is -2.25. The molecule has 0 aromatic heterocycles. The first-order valence-corrected chi connectivity index (χ1v) is 15.5. The van der Waals surface area contributed by atoms with Gasteiger partial charge in [-0.15, -0.1) is 0 Å². The third-order valence-corrected chi connectivity index (χ3v) is 7.68. The third kappa shape index (κ3) is 13.3. The summed E-state index contributed by atoms with van der Waals surface area (Å²) in [5.41, 5.74) is 5.24. The number of amides is 5. The molecular formula is C29H47N7O9. The highest BCUT2D eigenvalue weighted by molar-refractivity contribution is 6.40. The molecular weight excluding hydrogens is 590 g/mol. The number of nitrogens with two attached hydrogens (primary N) is 1. The Balaban J connectivity index is 2.29. The first-order valence-electron chi connectivity index (χ1n) is 15.5. The van der Waals surface area contributed by atoms with Crippen LogP contribution in [0.15, 0.2) is 0 Å². The van der Waals surface area contributed by atoms with E-state index in [1.165, 1.54) is 0 Å². The van der Waals surface area contributed by atoms with Crippen LogP contribution in [0, 0.1) is 5.92 Å². The summed E-state index contributed by atoms with van der Waals surface area (Å²) < 4.78 is 0. The minimum atomic E-state index is -1.33. The number of carbonyl (C=O) groups excluding carboxylic acids is 7. The molecule has 2 rings (SSSR count). The SMILES string of the molecule is CC(C)CC1NC(=O)CNC(=O)[C@@H]2CCCN2CCCCN[C@@H](CCC(=O)O)C(=O)C(=O)CNC(=O)[C@H](CCC(N)=O)NC1=O. The Hall–Kier alpha value is -3.92. The third-order valence-electron chi connectivity index (χ3n) is 7.68. The summed E-state index contributed by atoms with van der Waals surface area (Å²) in [7, 11) is 0. The first kappa shape index (κ1) is 37.3. The van der Waals surface area contributed by atoms with Crippen molar-refractivity contribution in [1.82, 2.24) is 31.5 Å².